The van der Waals surface area contributed by atoms with E-state index in [-0.39, 0.29) is 17.2 Å². The first-order valence-electron chi connectivity index (χ1n) is 9.63. The molecule has 0 aliphatic heterocycles. The molecule has 1 fully saturated rings. The first kappa shape index (κ1) is 19.7. The van der Waals surface area contributed by atoms with Crippen molar-refractivity contribution in [3.05, 3.63) is 44.2 Å². The molecular formula is C20H23N3O2S3. The first-order valence-corrected chi connectivity index (χ1v) is 12.4. The number of carbonyl (C=O) groups excluding carboxylic acids is 1. The van der Waals surface area contributed by atoms with Crippen LogP contribution in [-0.2, 0) is 17.8 Å². The molecule has 1 saturated carbocycles. The Morgan fingerprint density at radius 2 is 2.07 bits per heavy atom. The van der Waals surface area contributed by atoms with E-state index < -0.39 is 0 Å². The summed E-state index contributed by atoms with van der Waals surface area (Å²) in [5.74, 6) is 0.318. The van der Waals surface area contributed by atoms with Gasteiger partial charge in [0.1, 0.15) is 4.70 Å². The third-order valence-electron chi connectivity index (χ3n) is 5.00. The van der Waals surface area contributed by atoms with E-state index in [9.17, 15) is 9.59 Å². The normalized spacial score (nSPS) is 15.1. The van der Waals surface area contributed by atoms with Crippen molar-refractivity contribution < 1.29 is 4.79 Å². The lowest BCUT2D eigenvalue weighted by Gasteiger charge is -2.22. The van der Waals surface area contributed by atoms with E-state index in [1.54, 1.807) is 15.9 Å². The number of aryl methyl sites for hydroxylation is 1. The van der Waals surface area contributed by atoms with Gasteiger partial charge in [0.2, 0.25) is 5.91 Å². The van der Waals surface area contributed by atoms with E-state index in [1.165, 1.54) is 47.2 Å². The van der Waals surface area contributed by atoms with Crippen LogP contribution in [0, 0.1) is 0 Å². The fraction of sp³-hybridized carbons (Fsp3) is 0.450. The van der Waals surface area contributed by atoms with Gasteiger partial charge < -0.3 is 5.32 Å². The second-order valence-electron chi connectivity index (χ2n) is 7.01. The van der Waals surface area contributed by atoms with E-state index in [0.29, 0.717) is 22.4 Å². The van der Waals surface area contributed by atoms with Crippen molar-refractivity contribution in [3.8, 4) is 0 Å². The Balaban J connectivity index is 1.48. The molecule has 8 heteroatoms. The van der Waals surface area contributed by atoms with Crippen molar-refractivity contribution in [2.75, 3.05) is 5.75 Å². The Morgan fingerprint density at radius 1 is 1.21 bits per heavy atom. The molecule has 0 radical (unpaired) electrons. The number of amides is 1. The molecule has 0 saturated heterocycles. The Kier molecular flexibility index (Phi) is 6.49. The third-order valence-corrected chi connectivity index (χ3v) is 7.80. The highest BCUT2D eigenvalue weighted by Gasteiger charge is 2.18. The maximum Gasteiger partial charge on any atom is 0.272 e. The Bertz CT molecular complexity index is 988. The van der Waals surface area contributed by atoms with E-state index >= 15 is 0 Å². The van der Waals surface area contributed by atoms with Gasteiger partial charge in [0.05, 0.1) is 11.3 Å². The van der Waals surface area contributed by atoms with Crippen LogP contribution >= 0.6 is 34.4 Å². The number of nitrogens with one attached hydrogen (secondary N) is 1. The highest BCUT2D eigenvalue weighted by molar-refractivity contribution is 7.99. The number of thiophene rings is 2. The molecule has 1 N–H and O–H groups in total. The van der Waals surface area contributed by atoms with Gasteiger partial charge in [-0.2, -0.15) is 0 Å². The number of hydrogen-bond donors (Lipinski definition) is 1. The molecule has 4 rings (SSSR count). The molecule has 0 unspecified atom stereocenters. The zero-order chi connectivity index (χ0) is 19.3. The van der Waals surface area contributed by atoms with Gasteiger partial charge in [-0.3, -0.25) is 14.2 Å². The largest absolute Gasteiger partial charge is 0.353 e. The summed E-state index contributed by atoms with van der Waals surface area (Å²) >= 11 is 4.48. The smallest absolute Gasteiger partial charge is 0.272 e. The fourth-order valence-electron chi connectivity index (χ4n) is 3.55. The average Bonchev–Trinajstić information content (AvgIpc) is 3.38. The minimum absolute atomic E-state index is 0.00764. The molecule has 0 atom stereocenters. The zero-order valence-electron chi connectivity index (χ0n) is 15.6. The molecule has 3 aromatic heterocycles. The van der Waals surface area contributed by atoms with Crippen LogP contribution in [0.1, 0.15) is 37.0 Å². The van der Waals surface area contributed by atoms with Gasteiger partial charge in [-0.15, -0.1) is 22.7 Å². The van der Waals surface area contributed by atoms with Crippen LogP contribution in [0.4, 0.5) is 0 Å². The van der Waals surface area contributed by atoms with Crippen LogP contribution in [0.2, 0.25) is 0 Å². The monoisotopic (exact) mass is 433 g/mol. The van der Waals surface area contributed by atoms with E-state index in [4.69, 9.17) is 0 Å². The standard InChI is InChI=1S/C20H23N3O2S3/c24-17(21-14-5-2-1-3-6-14)13-28-20-22-16-9-12-27-18(16)19(25)23(20)10-8-15-7-4-11-26-15/h4,7,9,11-12,14H,1-3,5-6,8,10,13H2,(H,21,24). The van der Waals surface area contributed by atoms with Gasteiger partial charge in [-0.25, -0.2) is 4.98 Å². The molecule has 5 nitrogen and oxygen atoms in total. The topological polar surface area (TPSA) is 64.0 Å². The highest BCUT2D eigenvalue weighted by atomic mass is 32.2. The fourth-order valence-corrected chi connectivity index (χ4v) is 5.87. The van der Waals surface area contributed by atoms with E-state index in [1.807, 2.05) is 22.9 Å². The number of rotatable bonds is 7. The van der Waals surface area contributed by atoms with Crippen LogP contribution in [0.3, 0.4) is 0 Å². The lowest BCUT2D eigenvalue weighted by molar-refractivity contribution is -0.119. The summed E-state index contributed by atoms with van der Waals surface area (Å²) in [4.78, 5) is 31.3. The summed E-state index contributed by atoms with van der Waals surface area (Å²) in [5, 5.41) is 7.71. The summed E-state index contributed by atoms with van der Waals surface area (Å²) in [6.07, 6.45) is 6.58. The maximum atomic E-state index is 13.0. The number of carbonyl (C=O) groups is 1. The van der Waals surface area contributed by atoms with Crippen molar-refractivity contribution in [2.24, 2.45) is 0 Å². The summed E-state index contributed by atoms with van der Waals surface area (Å²) in [6.45, 7) is 0.576. The minimum Gasteiger partial charge on any atom is -0.353 e. The van der Waals surface area contributed by atoms with Crippen molar-refractivity contribution in [3.63, 3.8) is 0 Å². The third kappa shape index (κ3) is 4.67. The van der Waals surface area contributed by atoms with Gasteiger partial charge in [-0.05, 0) is 42.2 Å². The molecular weight excluding hydrogens is 410 g/mol. The Labute approximate surface area is 176 Å². The summed E-state index contributed by atoms with van der Waals surface area (Å²) in [6, 6.07) is 6.28. The van der Waals surface area contributed by atoms with E-state index in [0.717, 1.165) is 24.8 Å². The molecule has 3 heterocycles. The maximum absolute atomic E-state index is 13.0. The molecule has 0 bridgehead atoms. The lowest BCUT2D eigenvalue weighted by Crippen LogP contribution is -2.37. The molecule has 1 amide bonds. The lowest BCUT2D eigenvalue weighted by atomic mass is 9.95. The average molecular weight is 434 g/mol. The van der Waals surface area contributed by atoms with Crippen LogP contribution in [0.5, 0.6) is 0 Å². The van der Waals surface area contributed by atoms with Crippen molar-refractivity contribution in [1.82, 2.24) is 14.9 Å². The molecule has 148 valence electrons. The van der Waals surface area contributed by atoms with Crippen LogP contribution in [-0.4, -0.2) is 27.3 Å². The number of aromatic nitrogens is 2. The van der Waals surface area contributed by atoms with Gasteiger partial charge in [0.15, 0.2) is 5.16 Å². The van der Waals surface area contributed by atoms with Crippen molar-refractivity contribution in [2.45, 2.75) is 56.3 Å². The highest BCUT2D eigenvalue weighted by Crippen LogP contribution is 2.22. The molecule has 0 spiro atoms. The summed E-state index contributed by atoms with van der Waals surface area (Å²) in [7, 11) is 0. The quantitative estimate of drug-likeness (QED) is 0.446. The predicted molar refractivity (Wildman–Crippen MR) is 118 cm³/mol. The molecule has 3 aromatic rings. The Morgan fingerprint density at radius 3 is 2.86 bits per heavy atom. The van der Waals surface area contributed by atoms with Gasteiger partial charge in [-0.1, -0.05) is 37.1 Å². The number of thioether (sulfide) groups is 1. The zero-order valence-corrected chi connectivity index (χ0v) is 18.0. The molecule has 28 heavy (non-hydrogen) atoms. The first-order chi connectivity index (χ1) is 13.7. The van der Waals surface area contributed by atoms with Gasteiger partial charge in [0.25, 0.3) is 5.56 Å². The van der Waals surface area contributed by atoms with Gasteiger partial charge in [0, 0.05) is 17.5 Å². The van der Waals surface area contributed by atoms with Crippen molar-refractivity contribution >= 4 is 50.6 Å². The summed E-state index contributed by atoms with van der Waals surface area (Å²) in [5.41, 5.74) is 0.712. The number of nitrogens with zero attached hydrogens (tertiary/aromatic N) is 2. The number of hydrogen-bond acceptors (Lipinski definition) is 6. The number of fused-ring (bicyclic) bond motifs is 1. The second kappa shape index (κ2) is 9.24. The predicted octanol–water partition coefficient (Wildman–Crippen LogP) is 4.30. The second-order valence-corrected chi connectivity index (χ2v) is 9.90. The van der Waals surface area contributed by atoms with Gasteiger partial charge >= 0.3 is 0 Å². The molecule has 1 aliphatic carbocycles. The minimum atomic E-state index is -0.00764. The molecule has 0 aromatic carbocycles. The van der Waals surface area contributed by atoms with Crippen LogP contribution in [0.15, 0.2) is 38.9 Å². The van der Waals surface area contributed by atoms with Crippen LogP contribution < -0.4 is 10.9 Å². The molecule has 1 aliphatic rings. The van der Waals surface area contributed by atoms with Crippen molar-refractivity contribution in [1.29, 1.82) is 0 Å². The summed E-state index contributed by atoms with van der Waals surface area (Å²) < 4.78 is 2.42. The van der Waals surface area contributed by atoms with E-state index in [2.05, 4.69) is 16.4 Å². The SMILES string of the molecule is O=C(CSc1nc2ccsc2c(=O)n1CCc1cccs1)NC1CCCCC1. The van der Waals surface area contributed by atoms with Crippen LogP contribution in [0.25, 0.3) is 10.2 Å². The Hall–Kier alpha value is -1.64.